The number of rotatable bonds is 3. The molecule has 0 saturated carbocycles. The third kappa shape index (κ3) is 2.64. The summed E-state index contributed by atoms with van der Waals surface area (Å²) in [5.74, 6) is 0.887. The van der Waals surface area contributed by atoms with Crippen molar-refractivity contribution < 1.29 is 8.42 Å². The van der Waals surface area contributed by atoms with Gasteiger partial charge in [0, 0.05) is 25.4 Å². The summed E-state index contributed by atoms with van der Waals surface area (Å²) in [7, 11) is -3.40. The first kappa shape index (κ1) is 13.3. The lowest BCUT2D eigenvalue weighted by atomic mass is 9.96. The van der Waals surface area contributed by atoms with Crippen molar-refractivity contribution in [3.05, 3.63) is 18.3 Å². The zero-order chi connectivity index (χ0) is 13.2. The van der Waals surface area contributed by atoms with Gasteiger partial charge in [0.15, 0.2) is 0 Å². The van der Waals surface area contributed by atoms with E-state index in [1.165, 1.54) is 18.3 Å². The van der Waals surface area contributed by atoms with Crippen LogP contribution in [0, 0.1) is 5.92 Å². The first-order valence-corrected chi connectivity index (χ1v) is 7.69. The maximum Gasteiger partial charge on any atom is 0.243 e. The third-order valence-electron chi connectivity index (χ3n) is 3.54. The van der Waals surface area contributed by atoms with Gasteiger partial charge in [0.25, 0.3) is 0 Å². The fraction of sp³-hybridized carbons (Fsp3) is 0.583. The Hall–Kier alpha value is -1.14. The largest absolute Gasteiger partial charge is 0.384 e. The van der Waals surface area contributed by atoms with Gasteiger partial charge in [-0.2, -0.15) is 4.31 Å². The van der Waals surface area contributed by atoms with Crippen LogP contribution < -0.4 is 5.73 Å². The number of anilines is 1. The van der Waals surface area contributed by atoms with Crippen LogP contribution in [0.3, 0.4) is 0 Å². The van der Waals surface area contributed by atoms with Crippen LogP contribution in [-0.4, -0.2) is 30.8 Å². The smallest absolute Gasteiger partial charge is 0.243 e. The molecule has 1 saturated heterocycles. The molecule has 1 fully saturated rings. The Balaban J connectivity index is 2.17. The number of hydrogen-bond acceptors (Lipinski definition) is 4. The van der Waals surface area contributed by atoms with Gasteiger partial charge in [-0.25, -0.2) is 13.4 Å². The van der Waals surface area contributed by atoms with Gasteiger partial charge in [-0.15, -0.1) is 0 Å². The van der Waals surface area contributed by atoms with Gasteiger partial charge in [0.2, 0.25) is 10.0 Å². The Bertz CT molecular complexity index is 508. The van der Waals surface area contributed by atoms with Crippen LogP contribution in [0.4, 0.5) is 5.82 Å². The zero-order valence-electron chi connectivity index (χ0n) is 10.5. The maximum absolute atomic E-state index is 12.4. The molecule has 2 heterocycles. The summed E-state index contributed by atoms with van der Waals surface area (Å²) in [5, 5.41) is 0. The number of sulfonamides is 1. The lowest BCUT2D eigenvalue weighted by Gasteiger charge is -2.30. The predicted molar refractivity (Wildman–Crippen MR) is 70.4 cm³/mol. The van der Waals surface area contributed by atoms with Gasteiger partial charge in [-0.05, 0) is 24.8 Å². The fourth-order valence-corrected chi connectivity index (χ4v) is 3.79. The maximum atomic E-state index is 12.4. The monoisotopic (exact) mass is 269 g/mol. The number of aromatic nitrogens is 1. The first-order valence-electron chi connectivity index (χ1n) is 6.25. The summed E-state index contributed by atoms with van der Waals surface area (Å²) in [6.07, 6.45) is 4.43. The number of pyridine rings is 1. The van der Waals surface area contributed by atoms with Crippen LogP contribution in [-0.2, 0) is 10.0 Å². The highest BCUT2D eigenvalue weighted by molar-refractivity contribution is 7.89. The van der Waals surface area contributed by atoms with E-state index in [4.69, 9.17) is 5.73 Å². The highest BCUT2D eigenvalue weighted by Crippen LogP contribution is 2.25. The molecule has 1 aromatic heterocycles. The van der Waals surface area contributed by atoms with Gasteiger partial charge >= 0.3 is 0 Å². The number of nitrogens with two attached hydrogens (primary N) is 1. The first-order chi connectivity index (χ1) is 8.54. The van der Waals surface area contributed by atoms with Gasteiger partial charge in [-0.1, -0.05) is 13.3 Å². The molecule has 5 nitrogen and oxygen atoms in total. The Labute approximate surface area is 108 Å². The molecular weight excluding hydrogens is 250 g/mol. The number of nitrogen functional groups attached to an aromatic ring is 1. The van der Waals surface area contributed by atoms with Crippen LogP contribution >= 0.6 is 0 Å². The second kappa shape index (κ2) is 5.24. The third-order valence-corrected chi connectivity index (χ3v) is 5.44. The topological polar surface area (TPSA) is 76.3 Å². The van der Waals surface area contributed by atoms with Gasteiger partial charge in [0.1, 0.15) is 5.82 Å². The normalized spacial score (nSPS) is 18.9. The Morgan fingerprint density at radius 2 is 2.11 bits per heavy atom. The van der Waals surface area contributed by atoms with Crippen molar-refractivity contribution in [3.8, 4) is 0 Å². The standard InChI is InChI=1S/C12H19N3O2S/c1-2-10-4-7-15(8-5-10)18(16,17)11-3-6-14-12(13)9-11/h3,6,9-10H,2,4-5,7-8H2,1H3,(H2,13,14). The van der Waals surface area contributed by atoms with Crippen LogP contribution in [0.5, 0.6) is 0 Å². The second-order valence-electron chi connectivity index (χ2n) is 4.67. The molecule has 0 aromatic carbocycles. The molecule has 2 rings (SSSR count). The van der Waals surface area contributed by atoms with Crippen molar-refractivity contribution in [1.82, 2.24) is 9.29 Å². The molecule has 0 radical (unpaired) electrons. The van der Waals surface area contributed by atoms with Gasteiger partial charge in [-0.3, -0.25) is 0 Å². The van der Waals surface area contributed by atoms with Crippen LogP contribution in [0.1, 0.15) is 26.2 Å². The molecule has 0 spiro atoms. The van der Waals surface area contributed by atoms with Crippen LogP contribution in [0.15, 0.2) is 23.2 Å². The Morgan fingerprint density at radius 3 is 2.67 bits per heavy atom. The van der Waals surface area contributed by atoms with Crippen LogP contribution in [0.25, 0.3) is 0 Å². The van der Waals surface area contributed by atoms with Crippen molar-refractivity contribution >= 4 is 15.8 Å². The summed E-state index contributed by atoms with van der Waals surface area (Å²) in [6, 6.07) is 2.92. The lowest BCUT2D eigenvalue weighted by Crippen LogP contribution is -2.38. The van der Waals surface area contributed by atoms with E-state index >= 15 is 0 Å². The van der Waals surface area contributed by atoms with Crippen molar-refractivity contribution in [2.45, 2.75) is 31.1 Å². The molecule has 18 heavy (non-hydrogen) atoms. The molecule has 1 aliphatic heterocycles. The quantitative estimate of drug-likeness (QED) is 0.901. The van der Waals surface area contributed by atoms with Crippen molar-refractivity contribution in [3.63, 3.8) is 0 Å². The minimum atomic E-state index is -3.40. The Morgan fingerprint density at radius 1 is 1.44 bits per heavy atom. The average molecular weight is 269 g/mol. The molecule has 0 amide bonds. The summed E-state index contributed by atoms with van der Waals surface area (Å²) >= 11 is 0. The lowest BCUT2D eigenvalue weighted by molar-refractivity contribution is 0.269. The van der Waals surface area contributed by atoms with Crippen molar-refractivity contribution in [2.75, 3.05) is 18.8 Å². The SMILES string of the molecule is CCC1CCN(S(=O)(=O)c2ccnc(N)c2)CC1. The van der Waals surface area contributed by atoms with E-state index in [1.807, 2.05) is 0 Å². The molecule has 0 bridgehead atoms. The van der Waals surface area contributed by atoms with Crippen molar-refractivity contribution in [2.24, 2.45) is 5.92 Å². The van der Waals surface area contributed by atoms with E-state index in [0.717, 1.165) is 19.3 Å². The predicted octanol–water partition coefficient (Wildman–Crippen LogP) is 1.47. The molecule has 0 atom stereocenters. The van der Waals surface area contributed by atoms with E-state index < -0.39 is 10.0 Å². The van der Waals surface area contributed by atoms with E-state index in [1.54, 1.807) is 4.31 Å². The summed E-state index contributed by atoms with van der Waals surface area (Å²) < 4.78 is 26.3. The molecule has 1 aliphatic rings. The zero-order valence-corrected chi connectivity index (χ0v) is 11.4. The summed E-state index contributed by atoms with van der Waals surface area (Å²) in [6.45, 7) is 3.35. The molecule has 100 valence electrons. The summed E-state index contributed by atoms with van der Waals surface area (Å²) in [4.78, 5) is 4.06. The number of hydrogen-bond donors (Lipinski definition) is 1. The minimum Gasteiger partial charge on any atom is -0.384 e. The van der Waals surface area contributed by atoms with E-state index in [9.17, 15) is 8.42 Å². The highest BCUT2D eigenvalue weighted by atomic mass is 32.2. The van der Waals surface area contributed by atoms with Crippen LogP contribution in [0.2, 0.25) is 0 Å². The molecule has 6 heteroatoms. The molecule has 0 unspecified atom stereocenters. The number of nitrogens with zero attached hydrogens (tertiary/aromatic N) is 2. The minimum absolute atomic E-state index is 0.236. The molecule has 0 aliphatic carbocycles. The van der Waals surface area contributed by atoms with Gasteiger partial charge < -0.3 is 5.73 Å². The summed E-state index contributed by atoms with van der Waals surface area (Å²) in [5.41, 5.74) is 5.53. The number of piperidine rings is 1. The van der Waals surface area contributed by atoms with E-state index in [0.29, 0.717) is 19.0 Å². The van der Waals surface area contributed by atoms with Crippen molar-refractivity contribution in [1.29, 1.82) is 0 Å². The highest BCUT2D eigenvalue weighted by Gasteiger charge is 2.28. The van der Waals surface area contributed by atoms with Gasteiger partial charge in [0.05, 0.1) is 4.90 Å². The Kier molecular flexibility index (Phi) is 3.87. The van der Waals surface area contributed by atoms with E-state index in [2.05, 4.69) is 11.9 Å². The molecule has 2 N–H and O–H groups in total. The molecular formula is C12H19N3O2S. The second-order valence-corrected chi connectivity index (χ2v) is 6.61. The molecule has 1 aromatic rings. The van der Waals surface area contributed by atoms with E-state index in [-0.39, 0.29) is 10.7 Å². The fourth-order valence-electron chi connectivity index (χ4n) is 2.30. The average Bonchev–Trinajstić information content (AvgIpc) is 2.39.